The zero-order chi connectivity index (χ0) is 12.5. The summed E-state index contributed by atoms with van der Waals surface area (Å²) >= 11 is 0. The molecule has 2 N–H and O–H groups in total. The lowest BCUT2D eigenvalue weighted by Gasteiger charge is -2.06. The summed E-state index contributed by atoms with van der Waals surface area (Å²) in [6.45, 7) is 1.75. The van der Waals surface area contributed by atoms with E-state index in [1.807, 2.05) is 0 Å². The van der Waals surface area contributed by atoms with Gasteiger partial charge in [0.05, 0.1) is 9.82 Å². The summed E-state index contributed by atoms with van der Waals surface area (Å²) in [6.07, 6.45) is 1.44. The molecular formula is C9H12N2O4S. The Morgan fingerprint density at radius 3 is 2.38 bits per heavy atom. The number of nitrogens with zero attached hydrogens (tertiary/aromatic N) is 1. The lowest BCUT2D eigenvalue weighted by molar-refractivity contribution is -0.384. The molecule has 88 valence electrons. The fourth-order valence-corrected chi connectivity index (χ4v) is 2.01. The predicted molar refractivity (Wildman–Crippen MR) is 60.0 cm³/mol. The number of hydrogen-bond acceptors (Lipinski definition) is 5. The second-order valence-electron chi connectivity index (χ2n) is 3.40. The number of hydrogen-bond donors (Lipinski definition) is 1. The third-order valence-electron chi connectivity index (χ3n) is 2.22. The van der Waals surface area contributed by atoms with Gasteiger partial charge in [0, 0.05) is 12.3 Å². The zero-order valence-electron chi connectivity index (χ0n) is 8.93. The Morgan fingerprint density at radius 1 is 1.44 bits per heavy atom. The molecule has 0 heterocycles. The number of rotatable bonds is 3. The summed E-state index contributed by atoms with van der Waals surface area (Å²) in [5, 5.41) is 10.7. The van der Waals surface area contributed by atoms with E-state index in [2.05, 4.69) is 0 Å². The van der Waals surface area contributed by atoms with E-state index in [4.69, 9.17) is 5.73 Å². The van der Waals surface area contributed by atoms with Crippen LogP contribution < -0.4 is 5.73 Å². The molecule has 1 rings (SSSR count). The van der Waals surface area contributed by atoms with Crippen LogP contribution in [-0.4, -0.2) is 19.6 Å². The topological polar surface area (TPSA) is 103 Å². The van der Waals surface area contributed by atoms with Crippen LogP contribution in [0, 0.1) is 10.1 Å². The molecule has 0 atom stereocenters. The van der Waals surface area contributed by atoms with Gasteiger partial charge in [-0.2, -0.15) is 0 Å². The van der Waals surface area contributed by atoms with Crippen LogP contribution >= 0.6 is 0 Å². The molecule has 0 fully saturated rings. The van der Waals surface area contributed by atoms with Crippen LogP contribution in [-0.2, 0) is 16.3 Å². The van der Waals surface area contributed by atoms with E-state index in [9.17, 15) is 18.5 Å². The molecule has 0 saturated heterocycles. The average molecular weight is 244 g/mol. The molecule has 0 saturated carbocycles. The minimum atomic E-state index is -3.47. The smallest absolute Gasteiger partial charge is 0.293 e. The molecule has 6 nitrogen and oxygen atoms in total. The lowest BCUT2D eigenvalue weighted by Crippen LogP contribution is -2.05. The van der Waals surface area contributed by atoms with Crippen LogP contribution in [0.2, 0.25) is 0 Å². The first-order valence-electron chi connectivity index (χ1n) is 4.54. The summed E-state index contributed by atoms with van der Waals surface area (Å²) in [6, 6.07) is 2.36. The SMILES string of the molecule is CCc1cc(S(C)(=O)=O)cc([N+](=O)[O-])c1N. The van der Waals surface area contributed by atoms with Gasteiger partial charge in [-0.1, -0.05) is 6.92 Å². The number of nitro benzene ring substituents is 1. The Morgan fingerprint density at radius 2 is 2.00 bits per heavy atom. The second kappa shape index (κ2) is 4.09. The van der Waals surface area contributed by atoms with Crippen molar-refractivity contribution in [3.8, 4) is 0 Å². The molecule has 0 aliphatic rings. The Balaban J connectivity index is 3.59. The van der Waals surface area contributed by atoms with E-state index in [0.717, 1.165) is 12.3 Å². The molecule has 16 heavy (non-hydrogen) atoms. The van der Waals surface area contributed by atoms with E-state index < -0.39 is 14.8 Å². The number of nitro groups is 1. The van der Waals surface area contributed by atoms with Gasteiger partial charge in [-0.3, -0.25) is 10.1 Å². The fourth-order valence-electron chi connectivity index (χ4n) is 1.33. The Bertz CT molecular complexity index is 537. The quantitative estimate of drug-likeness (QED) is 0.488. The predicted octanol–water partition coefficient (Wildman–Crippen LogP) is 1.14. The van der Waals surface area contributed by atoms with Gasteiger partial charge >= 0.3 is 0 Å². The highest BCUT2D eigenvalue weighted by Crippen LogP contribution is 2.29. The highest BCUT2D eigenvalue weighted by Gasteiger charge is 2.20. The molecule has 7 heteroatoms. The average Bonchev–Trinajstić information content (AvgIpc) is 2.15. The molecule has 0 aliphatic carbocycles. The Labute approximate surface area is 93.1 Å². The molecule has 1 aromatic rings. The first-order chi connectivity index (χ1) is 7.27. The second-order valence-corrected chi connectivity index (χ2v) is 5.41. The van der Waals surface area contributed by atoms with E-state index >= 15 is 0 Å². The van der Waals surface area contributed by atoms with E-state index in [1.165, 1.54) is 6.07 Å². The maximum atomic E-state index is 11.3. The van der Waals surface area contributed by atoms with Crippen molar-refractivity contribution < 1.29 is 13.3 Å². The number of anilines is 1. The third kappa shape index (κ3) is 2.30. The van der Waals surface area contributed by atoms with E-state index in [0.29, 0.717) is 12.0 Å². The standard InChI is InChI=1S/C9H12N2O4S/c1-3-6-4-7(16(2,14)15)5-8(9(6)10)11(12)13/h4-5H,3,10H2,1-2H3. The molecule has 1 aromatic carbocycles. The number of aryl methyl sites for hydroxylation is 1. The van der Waals surface area contributed by atoms with Crippen molar-refractivity contribution in [2.24, 2.45) is 0 Å². The van der Waals surface area contributed by atoms with Crippen LogP contribution in [0.1, 0.15) is 12.5 Å². The lowest BCUT2D eigenvalue weighted by atomic mass is 10.1. The van der Waals surface area contributed by atoms with Crippen molar-refractivity contribution in [1.82, 2.24) is 0 Å². The first kappa shape index (κ1) is 12.4. The normalized spacial score (nSPS) is 11.4. The highest BCUT2D eigenvalue weighted by atomic mass is 32.2. The number of benzene rings is 1. The van der Waals surface area contributed by atoms with Crippen molar-refractivity contribution in [2.45, 2.75) is 18.2 Å². The molecule has 0 aromatic heterocycles. The van der Waals surface area contributed by atoms with Gasteiger partial charge in [-0.05, 0) is 18.1 Å². The van der Waals surface area contributed by atoms with Crippen LogP contribution in [0.3, 0.4) is 0 Å². The number of nitrogen functional groups attached to an aromatic ring is 1. The van der Waals surface area contributed by atoms with Crippen LogP contribution in [0.25, 0.3) is 0 Å². The fraction of sp³-hybridized carbons (Fsp3) is 0.333. The maximum Gasteiger partial charge on any atom is 0.293 e. The van der Waals surface area contributed by atoms with Gasteiger partial charge < -0.3 is 5.73 Å². The van der Waals surface area contributed by atoms with Crippen LogP contribution in [0.5, 0.6) is 0 Å². The van der Waals surface area contributed by atoms with Crippen molar-refractivity contribution in [3.63, 3.8) is 0 Å². The first-order valence-corrected chi connectivity index (χ1v) is 6.43. The molecular weight excluding hydrogens is 232 g/mol. The molecule has 0 aliphatic heterocycles. The summed E-state index contributed by atoms with van der Waals surface area (Å²) in [5.41, 5.74) is 5.70. The molecule has 0 radical (unpaired) electrons. The van der Waals surface area contributed by atoms with Gasteiger partial charge in [0.2, 0.25) is 0 Å². The van der Waals surface area contributed by atoms with Crippen molar-refractivity contribution in [3.05, 3.63) is 27.8 Å². The van der Waals surface area contributed by atoms with Gasteiger partial charge in [0.25, 0.3) is 5.69 Å². The number of nitrogens with two attached hydrogens (primary N) is 1. The van der Waals surface area contributed by atoms with Gasteiger partial charge in [0.15, 0.2) is 9.84 Å². The molecule has 0 spiro atoms. The van der Waals surface area contributed by atoms with Gasteiger partial charge in [-0.25, -0.2) is 8.42 Å². The maximum absolute atomic E-state index is 11.3. The Hall–Kier alpha value is -1.63. The minimum Gasteiger partial charge on any atom is -0.393 e. The van der Waals surface area contributed by atoms with Crippen LogP contribution in [0.4, 0.5) is 11.4 Å². The summed E-state index contributed by atoms with van der Waals surface area (Å²) in [7, 11) is -3.47. The number of sulfone groups is 1. The Kier molecular flexibility index (Phi) is 3.18. The van der Waals surface area contributed by atoms with Crippen molar-refractivity contribution in [1.29, 1.82) is 0 Å². The van der Waals surface area contributed by atoms with E-state index in [-0.39, 0.29) is 16.3 Å². The highest BCUT2D eigenvalue weighted by molar-refractivity contribution is 7.90. The summed E-state index contributed by atoms with van der Waals surface area (Å²) in [5.74, 6) is 0. The molecule has 0 amide bonds. The summed E-state index contributed by atoms with van der Waals surface area (Å²) < 4.78 is 22.6. The van der Waals surface area contributed by atoms with E-state index in [1.54, 1.807) is 6.92 Å². The molecule has 0 bridgehead atoms. The summed E-state index contributed by atoms with van der Waals surface area (Å²) in [4.78, 5) is 9.94. The van der Waals surface area contributed by atoms with Crippen molar-refractivity contribution in [2.75, 3.05) is 12.0 Å². The van der Waals surface area contributed by atoms with Gasteiger partial charge in [-0.15, -0.1) is 0 Å². The largest absolute Gasteiger partial charge is 0.393 e. The zero-order valence-corrected chi connectivity index (χ0v) is 9.74. The molecule has 0 unspecified atom stereocenters. The van der Waals surface area contributed by atoms with Gasteiger partial charge in [0.1, 0.15) is 5.69 Å². The van der Waals surface area contributed by atoms with Crippen molar-refractivity contribution >= 4 is 21.2 Å². The third-order valence-corrected chi connectivity index (χ3v) is 3.32. The minimum absolute atomic E-state index is 0.0277. The van der Waals surface area contributed by atoms with Crippen LogP contribution in [0.15, 0.2) is 17.0 Å². The monoisotopic (exact) mass is 244 g/mol.